The summed E-state index contributed by atoms with van der Waals surface area (Å²) in [5, 5.41) is 4.23. The number of benzene rings is 2. The number of rotatable bonds is 0. The van der Waals surface area contributed by atoms with Crippen LogP contribution in [0.25, 0.3) is 10.8 Å². The van der Waals surface area contributed by atoms with Crippen LogP contribution in [0.5, 0.6) is 0 Å². The molecule has 0 radical (unpaired) electrons. The van der Waals surface area contributed by atoms with Crippen molar-refractivity contribution in [2.24, 2.45) is 0 Å². The molecule has 1 N–H and O–H groups in total. The fraction of sp³-hybridized carbons (Fsp3) is 0.167. The second kappa shape index (κ2) is 2.98. The van der Waals surface area contributed by atoms with Crippen molar-refractivity contribution in [1.29, 1.82) is 0 Å². The molecule has 1 aliphatic rings. The minimum absolute atomic E-state index is 0.437. The largest absolute Gasteiger partial charge is 0.368 e. The Labute approximate surface area is 94.0 Å². The highest BCUT2D eigenvalue weighted by Crippen LogP contribution is 2.36. The number of hydrogen-bond acceptors (Lipinski definition) is 3. The van der Waals surface area contributed by atoms with Crippen molar-refractivity contribution in [3.8, 4) is 0 Å². The maximum atomic E-state index is 12.1. The van der Waals surface area contributed by atoms with Crippen molar-refractivity contribution in [1.82, 2.24) is 0 Å². The molecule has 1 unspecified atom stereocenters. The zero-order valence-corrected chi connectivity index (χ0v) is 9.58. The van der Waals surface area contributed by atoms with E-state index < -0.39 is 15.2 Å². The summed E-state index contributed by atoms with van der Waals surface area (Å²) < 4.78 is 24.3. The highest BCUT2D eigenvalue weighted by atomic mass is 32.2. The van der Waals surface area contributed by atoms with E-state index in [0.717, 1.165) is 16.5 Å². The summed E-state index contributed by atoms with van der Waals surface area (Å²) in [6.45, 7) is 1.67. The van der Waals surface area contributed by atoms with Crippen LogP contribution < -0.4 is 5.32 Å². The third-order valence-electron chi connectivity index (χ3n) is 3.00. The molecule has 16 heavy (non-hydrogen) atoms. The first-order valence-electron chi connectivity index (χ1n) is 5.13. The van der Waals surface area contributed by atoms with E-state index in [-0.39, 0.29) is 0 Å². The second-order valence-electron chi connectivity index (χ2n) is 3.99. The maximum Gasteiger partial charge on any atom is 0.199 e. The number of nitrogens with one attached hydrogen (secondary N) is 1. The average molecular weight is 233 g/mol. The van der Waals surface area contributed by atoms with Crippen molar-refractivity contribution in [3.05, 3.63) is 36.4 Å². The van der Waals surface area contributed by atoms with Crippen LogP contribution in [0.4, 0.5) is 5.69 Å². The lowest BCUT2D eigenvalue weighted by atomic mass is 10.1. The van der Waals surface area contributed by atoms with Gasteiger partial charge in [-0.1, -0.05) is 24.3 Å². The monoisotopic (exact) mass is 233 g/mol. The number of hydrogen-bond donors (Lipinski definition) is 1. The zero-order chi connectivity index (χ0) is 11.3. The van der Waals surface area contributed by atoms with E-state index in [1.807, 2.05) is 24.3 Å². The molecule has 3 nitrogen and oxygen atoms in total. The lowest BCUT2D eigenvalue weighted by Gasteiger charge is -2.24. The fourth-order valence-electron chi connectivity index (χ4n) is 2.15. The molecular weight excluding hydrogens is 222 g/mol. The van der Waals surface area contributed by atoms with Crippen LogP contribution in [-0.2, 0) is 9.84 Å². The lowest BCUT2D eigenvalue weighted by Crippen LogP contribution is -2.30. The van der Waals surface area contributed by atoms with Crippen LogP contribution in [0.3, 0.4) is 0 Å². The molecule has 3 rings (SSSR count). The molecule has 0 saturated carbocycles. The van der Waals surface area contributed by atoms with Crippen molar-refractivity contribution in [2.45, 2.75) is 17.2 Å². The SMILES string of the molecule is CC1Nc2cccc3cccc(c23)S1(=O)=O. The first kappa shape index (κ1) is 9.66. The van der Waals surface area contributed by atoms with E-state index >= 15 is 0 Å². The van der Waals surface area contributed by atoms with Gasteiger partial charge in [-0.25, -0.2) is 8.42 Å². The van der Waals surface area contributed by atoms with Gasteiger partial charge in [0.25, 0.3) is 0 Å². The molecule has 4 heteroatoms. The van der Waals surface area contributed by atoms with Gasteiger partial charge in [-0.15, -0.1) is 0 Å². The van der Waals surface area contributed by atoms with Crippen LogP contribution in [0.2, 0.25) is 0 Å². The normalized spacial score (nSPS) is 21.7. The predicted molar refractivity (Wildman–Crippen MR) is 64.2 cm³/mol. The zero-order valence-electron chi connectivity index (χ0n) is 8.77. The Morgan fingerprint density at radius 3 is 2.56 bits per heavy atom. The first-order valence-corrected chi connectivity index (χ1v) is 6.67. The van der Waals surface area contributed by atoms with Gasteiger partial charge >= 0.3 is 0 Å². The van der Waals surface area contributed by atoms with E-state index in [0.29, 0.717) is 4.90 Å². The molecule has 0 aromatic heterocycles. The Kier molecular flexibility index (Phi) is 1.80. The standard InChI is InChI=1S/C12H11NO2S/c1-8-13-10-6-2-4-9-5-3-7-11(12(9)10)16(8,14)15/h2-8,13H,1H3. The second-order valence-corrected chi connectivity index (χ2v) is 6.23. The van der Waals surface area contributed by atoms with Crippen LogP contribution in [-0.4, -0.2) is 13.8 Å². The number of sulfone groups is 1. The minimum atomic E-state index is -3.24. The molecule has 0 saturated heterocycles. The van der Waals surface area contributed by atoms with Gasteiger partial charge in [-0.2, -0.15) is 0 Å². The molecule has 1 heterocycles. The van der Waals surface area contributed by atoms with Gasteiger partial charge in [-0.05, 0) is 24.4 Å². The van der Waals surface area contributed by atoms with E-state index in [2.05, 4.69) is 5.32 Å². The summed E-state index contributed by atoms with van der Waals surface area (Å²) in [4.78, 5) is 0.437. The smallest absolute Gasteiger partial charge is 0.199 e. The van der Waals surface area contributed by atoms with Gasteiger partial charge in [0, 0.05) is 11.1 Å². The van der Waals surface area contributed by atoms with E-state index in [1.165, 1.54) is 0 Å². The first-order chi connectivity index (χ1) is 7.60. The van der Waals surface area contributed by atoms with E-state index in [4.69, 9.17) is 0 Å². The minimum Gasteiger partial charge on any atom is -0.368 e. The van der Waals surface area contributed by atoms with Crippen molar-refractivity contribution in [3.63, 3.8) is 0 Å². The molecule has 0 spiro atoms. The van der Waals surface area contributed by atoms with Crippen LogP contribution >= 0.6 is 0 Å². The van der Waals surface area contributed by atoms with Gasteiger partial charge in [0.1, 0.15) is 5.37 Å². The molecule has 0 amide bonds. The van der Waals surface area contributed by atoms with Crippen LogP contribution in [0, 0.1) is 0 Å². The number of anilines is 1. The maximum absolute atomic E-state index is 12.1. The third kappa shape index (κ3) is 1.10. The highest BCUT2D eigenvalue weighted by Gasteiger charge is 2.30. The van der Waals surface area contributed by atoms with Gasteiger partial charge < -0.3 is 5.32 Å². The van der Waals surface area contributed by atoms with E-state index in [9.17, 15) is 8.42 Å². The van der Waals surface area contributed by atoms with Gasteiger partial charge in [0.05, 0.1) is 4.90 Å². The van der Waals surface area contributed by atoms with Crippen molar-refractivity contribution < 1.29 is 8.42 Å². The molecular formula is C12H11NO2S. The summed E-state index contributed by atoms with van der Waals surface area (Å²) in [7, 11) is -3.24. The Bertz CT molecular complexity index is 671. The summed E-state index contributed by atoms with van der Waals surface area (Å²) >= 11 is 0. The molecule has 1 atom stereocenters. The molecule has 0 fully saturated rings. The summed E-state index contributed by atoms with van der Waals surface area (Å²) in [5.74, 6) is 0. The van der Waals surface area contributed by atoms with Crippen molar-refractivity contribution in [2.75, 3.05) is 5.32 Å². The van der Waals surface area contributed by atoms with Gasteiger partial charge in [0.15, 0.2) is 9.84 Å². The predicted octanol–water partition coefficient (Wildman–Crippen LogP) is 2.38. The van der Waals surface area contributed by atoms with Gasteiger partial charge in [-0.3, -0.25) is 0 Å². The molecule has 82 valence electrons. The van der Waals surface area contributed by atoms with Crippen LogP contribution in [0.15, 0.2) is 41.3 Å². The summed E-state index contributed by atoms with van der Waals surface area (Å²) in [6.07, 6.45) is 0. The van der Waals surface area contributed by atoms with Crippen molar-refractivity contribution >= 4 is 26.3 Å². The Balaban J connectivity index is 2.54. The molecule has 0 bridgehead atoms. The summed E-state index contributed by atoms with van der Waals surface area (Å²) in [5.41, 5.74) is 0.899. The molecule has 2 aromatic rings. The Morgan fingerprint density at radius 2 is 1.81 bits per heavy atom. The fourth-order valence-corrected chi connectivity index (χ4v) is 3.59. The average Bonchev–Trinajstić information content (AvgIpc) is 2.27. The summed E-state index contributed by atoms with van der Waals surface area (Å²) in [6, 6.07) is 11.2. The topological polar surface area (TPSA) is 46.2 Å². The Morgan fingerprint density at radius 1 is 1.12 bits per heavy atom. The van der Waals surface area contributed by atoms with Crippen LogP contribution in [0.1, 0.15) is 6.92 Å². The molecule has 2 aromatic carbocycles. The van der Waals surface area contributed by atoms with Gasteiger partial charge in [0.2, 0.25) is 0 Å². The Hall–Kier alpha value is -1.55. The third-order valence-corrected chi connectivity index (χ3v) is 5.00. The molecule has 0 aliphatic carbocycles. The highest BCUT2D eigenvalue weighted by molar-refractivity contribution is 7.92. The quantitative estimate of drug-likeness (QED) is 0.760. The lowest BCUT2D eigenvalue weighted by molar-refractivity contribution is 0.588. The van der Waals surface area contributed by atoms with E-state index in [1.54, 1.807) is 19.1 Å². The molecule has 1 aliphatic heterocycles.